The summed E-state index contributed by atoms with van der Waals surface area (Å²) in [6.07, 6.45) is 3.69. The first-order valence-electron chi connectivity index (χ1n) is 17.7. The van der Waals surface area contributed by atoms with E-state index in [2.05, 4.69) is 32.6 Å². The van der Waals surface area contributed by atoms with Gasteiger partial charge < -0.3 is 19.4 Å². The van der Waals surface area contributed by atoms with Crippen LogP contribution in [0.2, 0.25) is 0 Å². The topological polar surface area (TPSA) is 106 Å². The number of rotatable bonds is 8. The average Bonchev–Trinajstić information content (AvgIpc) is 4.01. The number of thiophene rings is 1. The van der Waals surface area contributed by atoms with E-state index in [1.807, 2.05) is 17.0 Å². The molecule has 0 radical (unpaired) electrons. The second-order valence-electron chi connectivity index (χ2n) is 13.4. The summed E-state index contributed by atoms with van der Waals surface area (Å²) in [5, 5.41) is 11.9. The van der Waals surface area contributed by atoms with Crippen LogP contribution in [0.4, 0.5) is 19.0 Å². The standard InChI is InChI=1S/C30H25F3N6O2S.C10H12O/c1-14-37-38-29(41-14)22-18(10-7-15-5-8-17(31)9-6-15)35-25-20-4-3-11-39(20)30(40)24(25)23(22)21-13-16-12-19(27(32)33)36-28(34-2)26(16)42-21;1-11-10-7-3-5-8-4-2-6-9(8)10/h5-6,8-9,12-13,20,27H,3-4,7,10-11H2,1-2H3,(H,34,36);3,5,7H,2,4,6H2,1H3. The molecule has 4 aromatic heterocycles. The van der Waals surface area contributed by atoms with Crippen molar-refractivity contribution in [1.29, 1.82) is 0 Å². The molecule has 272 valence electrons. The lowest BCUT2D eigenvalue weighted by Gasteiger charge is -2.16. The normalized spacial score (nSPS) is 15.8. The van der Waals surface area contributed by atoms with E-state index < -0.39 is 6.43 Å². The van der Waals surface area contributed by atoms with Crippen LogP contribution in [0.3, 0.4) is 0 Å². The molecule has 13 heteroatoms. The Bertz CT molecular complexity index is 2340. The van der Waals surface area contributed by atoms with Gasteiger partial charge in [-0.1, -0.05) is 24.3 Å². The predicted octanol–water partition coefficient (Wildman–Crippen LogP) is 9.09. The van der Waals surface area contributed by atoms with Crippen LogP contribution in [-0.2, 0) is 25.7 Å². The molecule has 2 aliphatic heterocycles. The SMILES string of the molecule is CNc1nc(C(F)F)cc2cc(-c3c4c(nc(CCc5ccc(F)cc5)c3-c3nnc(C)o3)C3CCCN3C4=O)sc12.COc1cccc2c1CCC2. The number of benzene rings is 2. The molecule has 9 nitrogen and oxygen atoms in total. The summed E-state index contributed by atoms with van der Waals surface area (Å²) in [4.78, 5) is 25.7. The number of nitrogens with one attached hydrogen (secondary N) is 1. The maximum Gasteiger partial charge on any atom is 0.280 e. The number of pyridine rings is 2. The maximum atomic E-state index is 13.9. The Balaban J connectivity index is 0.000000310. The summed E-state index contributed by atoms with van der Waals surface area (Å²) in [6.45, 7) is 2.32. The fraction of sp³-hybridized carbons (Fsp3) is 0.325. The molecular formula is C40H37F3N6O3S. The summed E-state index contributed by atoms with van der Waals surface area (Å²) in [5.74, 6) is 1.56. The monoisotopic (exact) mass is 738 g/mol. The quantitative estimate of drug-likeness (QED) is 0.165. The van der Waals surface area contributed by atoms with E-state index in [1.165, 1.54) is 59.9 Å². The molecule has 6 aromatic rings. The van der Waals surface area contributed by atoms with Crippen LogP contribution in [0.1, 0.15) is 81.8 Å². The predicted molar refractivity (Wildman–Crippen MR) is 197 cm³/mol. The summed E-state index contributed by atoms with van der Waals surface area (Å²) in [7, 11) is 3.38. The number of carbonyl (C=O) groups excluding carboxylic acids is 1. The molecular weight excluding hydrogens is 702 g/mol. The Morgan fingerprint density at radius 2 is 1.85 bits per heavy atom. The van der Waals surface area contributed by atoms with E-state index in [0.29, 0.717) is 74.1 Å². The highest BCUT2D eigenvalue weighted by Crippen LogP contribution is 2.50. The van der Waals surface area contributed by atoms with Gasteiger partial charge in [-0.15, -0.1) is 21.5 Å². The maximum absolute atomic E-state index is 13.9. The molecule has 1 unspecified atom stereocenters. The van der Waals surface area contributed by atoms with Crippen LogP contribution in [0.25, 0.3) is 32.0 Å². The van der Waals surface area contributed by atoms with Gasteiger partial charge in [-0.25, -0.2) is 18.2 Å². The summed E-state index contributed by atoms with van der Waals surface area (Å²) >= 11 is 1.36. The Kier molecular flexibility index (Phi) is 9.35. The Morgan fingerprint density at radius 1 is 1.02 bits per heavy atom. The highest BCUT2D eigenvalue weighted by molar-refractivity contribution is 7.23. The van der Waals surface area contributed by atoms with Gasteiger partial charge in [-0.2, -0.15) is 0 Å². The van der Waals surface area contributed by atoms with Crippen molar-refractivity contribution in [3.63, 3.8) is 0 Å². The Hall–Kier alpha value is -5.30. The molecule has 0 bridgehead atoms. The van der Waals surface area contributed by atoms with Gasteiger partial charge in [-0.05, 0) is 97.4 Å². The number of alkyl halides is 2. The van der Waals surface area contributed by atoms with Crippen LogP contribution in [0.15, 0.2) is 59.0 Å². The summed E-state index contributed by atoms with van der Waals surface area (Å²) in [5.41, 5.74) is 6.52. The third kappa shape index (κ3) is 6.40. The molecule has 1 saturated heterocycles. The van der Waals surface area contributed by atoms with Crippen LogP contribution >= 0.6 is 11.3 Å². The van der Waals surface area contributed by atoms with Crippen LogP contribution < -0.4 is 10.1 Å². The van der Waals surface area contributed by atoms with Gasteiger partial charge in [0.1, 0.15) is 23.1 Å². The van der Waals surface area contributed by atoms with Crippen molar-refractivity contribution >= 4 is 33.1 Å². The molecule has 1 amide bonds. The average molecular weight is 739 g/mol. The third-order valence-corrected chi connectivity index (χ3v) is 11.4. The van der Waals surface area contributed by atoms with Crippen molar-refractivity contribution in [3.8, 4) is 27.6 Å². The number of anilines is 1. The number of halogens is 3. The molecule has 6 heterocycles. The number of nitrogens with zero attached hydrogens (tertiary/aromatic N) is 5. The summed E-state index contributed by atoms with van der Waals surface area (Å²) in [6, 6.07) is 15.7. The lowest BCUT2D eigenvalue weighted by Crippen LogP contribution is -2.22. The van der Waals surface area contributed by atoms with Gasteiger partial charge >= 0.3 is 0 Å². The molecule has 9 rings (SSSR count). The van der Waals surface area contributed by atoms with Crippen LogP contribution in [-0.4, -0.2) is 51.7 Å². The number of hydrogen-bond acceptors (Lipinski definition) is 9. The number of fused-ring (bicyclic) bond motifs is 5. The van der Waals surface area contributed by atoms with Crippen molar-refractivity contribution in [1.82, 2.24) is 25.1 Å². The first-order chi connectivity index (χ1) is 25.7. The molecule has 53 heavy (non-hydrogen) atoms. The van der Waals surface area contributed by atoms with Crippen LogP contribution in [0.5, 0.6) is 5.75 Å². The lowest BCUT2D eigenvalue weighted by atomic mass is 9.93. The van der Waals surface area contributed by atoms with Gasteiger partial charge in [0.15, 0.2) is 0 Å². The van der Waals surface area contributed by atoms with Crippen molar-refractivity contribution in [2.75, 3.05) is 26.0 Å². The minimum Gasteiger partial charge on any atom is -0.496 e. The number of aryl methyl sites for hydroxylation is 4. The largest absolute Gasteiger partial charge is 0.496 e. The molecule has 3 aliphatic rings. The first kappa shape index (κ1) is 34.8. The molecule has 1 fully saturated rings. The van der Waals surface area contributed by atoms with Crippen molar-refractivity contribution in [3.05, 3.63) is 106 Å². The van der Waals surface area contributed by atoms with Gasteiger partial charge in [0.25, 0.3) is 12.3 Å². The first-order valence-corrected chi connectivity index (χ1v) is 18.5. The molecule has 1 aliphatic carbocycles. The summed E-state index contributed by atoms with van der Waals surface area (Å²) < 4.78 is 52.9. The molecule has 2 aromatic carbocycles. The van der Waals surface area contributed by atoms with E-state index in [0.717, 1.165) is 24.2 Å². The number of aromatic nitrogens is 4. The van der Waals surface area contributed by atoms with E-state index in [-0.39, 0.29) is 29.4 Å². The minimum atomic E-state index is -2.74. The number of methoxy groups -OCH3 is 1. The fourth-order valence-corrected chi connectivity index (χ4v) is 8.96. The van der Waals surface area contributed by atoms with Crippen LogP contribution in [0, 0.1) is 12.7 Å². The van der Waals surface area contributed by atoms with E-state index in [1.54, 1.807) is 33.2 Å². The number of amides is 1. The zero-order chi connectivity index (χ0) is 36.8. The highest BCUT2D eigenvalue weighted by atomic mass is 32.1. The number of ether oxygens (including phenoxy) is 1. The lowest BCUT2D eigenvalue weighted by molar-refractivity contribution is 0.0776. The van der Waals surface area contributed by atoms with Gasteiger partial charge in [-0.3, -0.25) is 9.78 Å². The number of carbonyl (C=O) groups is 1. The molecule has 0 spiro atoms. The van der Waals surface area contributed by atoms with Gasteiger partial charge in [0, 0.05) is 31.0 Å². The van der Waals surface area contributed by atoms with Crippen molar-refractivity contribution in [2.45, 2.75) is 64.3 Å². The van der Waals surface area contributed by atoms with Gasteiger partial charge in [0.05, 0.1) is 40.4 Å². The van der Waals surface area contributed by atoms with E-state index in [4.69, 9.17) is 14.1 Å². The highest BCUT2D eigenvalue weighted by Gasteiger charge is 2.45. The third-order valence-electron chi connectivity index (χ3n) is 10.2. The Morgan fingerprint density at radius 3 is 2.58 bits per heavy atom. The number of hydrogen-bond donors (Lipinski definition) is 1. The zero-order valence-electron chi connectivity index (χ0n) is 29.5. The molecule has 0 saturated carbocycles. The Labute approximate surface area is 308 Å². The van der Waals surface area contributed by atoms with Gasteiger partial charge in [0.2, 0.25) is 11.8 Å². The molecule has 1 N–H and O–H groups in total. The van der Waals surface area contributed by atoms with Crippen molar-refractivity contribution < 1.29 is 27.1 Å². The second-order valence-corrected chi connectivity index (χ2v) is 14.5. The van der Waals surface area contributed by atoms with Crippen molar-refractivity contribution in [2.24, 2.45) is 0 Å². The molecule has 1 atom stereocenters. The fourth-order valence-electron chi connectivity index (χ4n) is 7.77. The smallest absolute Gasteiger partial charge is 0.280 e. The zero-order valence-corrected chi connectivity index (χ0v) is 30.3. The van der Waals surface area contributed by atoms with E-state index >= 15 is 0 Å². The minimum absolute atomic E-state index is 0.115. The van der Waals surface area contributed by atoms with E-state index in [9.17, 15) is 18.0 Å². The second kappa shape index (κ2) is 14.3.